The zero-order chi connectivity index (χ0) is 17.9. The van der Waals surface area contributed by atoms with Crippen LogP contribution in [0, 0.1) is 0 Å². The van der Waals surface area contributed by atoms with Crippen LogP contribution in [0.3, 0.4) is 0 Å². The van der Waals surface area contributed by atoms with Gasteiger partial charge in [0.1, 0.15) is 6.54 Å². The van der Waals surface area contributed by atoms with Gasteiger partial charge in [0.05, 0.1) is 6.04 Å². The van der Waals surface area contributed by atoms with Crippen LogP contribution in [-0.4, -0.2) is 25.0 Å². The maximum atomic E-state index is 12.0. The van der Waals surface area contributed by atoms with E-state index in [1.165, 1.54) is 5.56 Å². The van der Waals surface area contributed by atoms with E-state index in [-0.39, 0.29) is 42.5 Å². The molecule has 26 heavy (non-hydrogen) atoms. The Kier molecular flexibility index (Phi) is 10.4. The first-order valence-electron chi connectivity index (χ1n) is 8.59. The molecule has 0 aliphatic heterocycles. The lowest BCUT2D eigenvalue weighted by molar-refractivity contribution is -0.119. The molecule has 2 aromatic rings. The molecule has 0 aromatic heterocycles. The number of hydrogen-bond acceptors (Lipinski definition) is 2. The summed E-state index contributed by atoms with van der Waals surface area (Å²) in [6, 6.07) is 20.1. The number of aliphatic imine (C=N–C) groups is 1. The Morgan fingerprint density at radius 3 is 2.23 bits per heavy atom. The summed E-state index contributed by atoms with van der Waals surface area (Å²) >= 11 is 0. The Morgan fingerprint density at radius 2 is 1.62 bits per heavy atom. The van der Waals surface area contributed by atoms with Gasteiger partial charge in [-0.25, -0.2) is 4.99 Å². The van der Waals surface area contributed by atoms with Gasteiger partial charge in [-0.15, -0.1) is 24.0 Å². The van der Waals surface area contributed by atoms with Crippen LogP contribution >= 0.6 is 24.0 Å². The number of amides is 1. The minimum atomic E-state index is -0.103. The molecule has 0 fully saturated rings. The molecule has 2 aromatic carbocycles. The molecule has 2 rings (SSSR count). The minimum Gasteiger partial charge on any atom is -0.357 e. The summed E-state index contributed by atoms with van der Waals surface area (Å²) in [6.45, 7) is 5.40. The summed E-state index contributed by atoms with van der Waals surface area (Å²) < 4.78 is 0. The van der Waals surface area contributed by atoms with Crippen LogP contribution in [0.25, 0.3) is 0 Å². The second kappa shape index (κ2) is 12.3. The predicted molar refractivity (Wildman–Crippen MR) is 118 cm³/mol. The number of halogens is 1. The fraction of sp³-hybridized carbons (Fsp3) is 0.300. The van der Waals surface area contributed by atoms with Crippen molar-refractivity contribution in [2.75, 3.05) is 13.1 Å². The van der Waals surface area contributed by atoms with E-state index < -0.39 is 0 Å². The molecule has 0 saturated heterocycles. The largest absolute Gasteiger partial charge is 0.357 e. The number of hydrogen-bond donors (Lipinski definition) is 3. The average Bonchev–Trinajstić information content (AvgIpc) is 2.66. The maximum absolute atomic E-state index is 12.0. The van der Waals surface area contributed by atoms with Crippen LogP contribution in [0.15, 0.2) is 65.7 Å². The summed E-state index contributed by atoms with van der Waals surface area (Å²) in [6.07, 6.45) is 0. The van der Waals surface area contributed by atoms with E-state index in [1.54, 1.807) is 0 Å². The van der Waals surface area contributed by atoms with E-state index >= 15 is 0 Å². The van der Waals surface area contributed by atoms with Gasteiger partial charge in [-0.05, 0) is 25.0 Å². The zero-order valence-corrected chi connectivity index (χ0v) is 17.6. The number of nitrogens with one attached hydrogen (secondary N) is 3. The summed E-state index contributed by atoms with van der Waals surface area (Å²) in [5.74, 6) is 0.530. The van der Waals surface area contributed by atoms with Crippen molar-refractivity contribution in [3.05, 3.63) is 71.8 Å². The molecule has 0 bridgehead atoms. The predicted octanol–water partition coefficient (Wildman–Crippen LogP) is 3.24. The number of carbonyl (C=O) groups excluding carboxylic acids is 1. The highest BCUT2D eigenvalue weighted by molar-refractivity contribution is 14.0. The summed E-state index contributed by atoms with van der Waals surface area (Å²) in [5, 5.41) is 9.37. The van der Waals surface area contributed by atoms with Crippen LogP contribution < -0.4 is 16.0 Å². The van der Waals surface area contributed by atoms with E-state index in [0.29, 0.717) is 12.5 Å². The van der Waals surface area contributed by atoms with Crippen LogP contribution in [0.2, 0.25) is 0 Å². The zero-order valence-electron chi connectivity index (χ0n) is 15.2. The van der Waals surface area contributed by atoms with Gasteiger partial charge in [-0.2, -0.15) is 0 Å². The quantitative estimate of drug-likeness (QED) is 0.334. The third-order valence-corrected chi connectivity index (χ3v) is 3.71. The fourth-order valence-corrected chi connectivity index (χ4v) is 2.35. The van der Waals surface area contributed by atoms with E-state index in [1.807, 2.05) is 55.5 Å². The first-order chi connectivity index (χ1) is 12.2. The van der Waals surface area contributed by atoms with E-state index in [2.05, 4.69) is 40.0 Å². The molecule has 140 valence electrons. The highest BCUT2D eigenvalue weighted by Gasteiger charge is 2.08. The number of carbonyl (C=O) groups is 1. The first kappa shape index (κ1) is 22.0. The second-order valence-corrected chi connectivity index (χ2v) is 5.73. The molecule has 0 aliphatic carbocycles. The smallest absolute Gasteiger partial charge is 0.242 e. The summed E-state index contributed by atoms with van der Waals surface area (Å²) in [4.78, 5) is 16.4. The Hall–Kier alpha value is -2.09. The molecule has 0 saturated carbocycles. The third-order valence-electron chi connectivity index (χ3n) is 3.71. The molecule has 5 nitrogen and oxygen atoms in total. The Bertz CT molecular complexity index is 677. The SMILES string of the molecule is CCNC(=NCC(=O)NCc1ccccc1)NC(C)c1ccccc1.I. The van der Waals surface area contributed by atoms with Crippen molar-refractivity contribution >= 4 is 35.8 Å². The highest BCUT2D eigenvalue weighted by Crippen LogP contribution is 2.10. The van der Waals surface area contributed by atoms with Crippen LogP contribution in [0.5, 0.6) is 0 Å². The van der Waals surface area contributed by atoms with Crippen molar-refractivity contribution in [1.82, 2.24) is 16.0 Å². The van der Waals surface area contributed by atoms with Gasteiger partial charge in [0.15, 0.2) is 5.96 Å². The number of benzene rings is 2. The van der Waals surface area contributed by atoms with Gasteiger partial charge in [0, 0.05) is 13.1 Å². The van der Waals surface area contributed by atoms with Crippen molar-refractivity contribution in [1.29, 1.82) is 0 Å². The monoisotopic (exact) mass is 466 g/mol. The molecule has 0 spiro atoms. The second-order valence-electron chi connectivity index (χ2n) is 5.73. The standard InChI is InChI=1S/C20H26N4O.HI/c1-3-21-20(24-16(2)18-12-8-5-9-13-18)23-15-19(25)22-14-17-10-6-4-7-11-17;/h4-13,16H,3,14-15H2,1-2H3,(H,22,25)(H2,21,23,24);1H. The average molecular weight is 466 g/mol. The van der Waals surface area contributed by atoms with Crippen molar-refractivity contribution in [3.63, 3.8) is 0 Å². The molecule has 0 radical (unpaired) electrons. The Labute approximate surface area is 172 Å². The van der Waals surface area contributed by atoms with Crippen LogP contribution in [0.1, 0.15) is 31.0 Å². The van der Waals surface area contributed by atoms with Crippen LogP contribution in [-0.2, 0) is 11.3 Å². The Morgan fingerprint density at radius 1 is 1.00 bits per heavy atom. The Balaban J connectivity index is 0.00000338. The number of nitrogens with zero attached hydrogens (tertiary/aromatic N) is 1. The highest BCUT2D eigenvalue weighted by atomic mass is 127. The molecule has 6 heteroatoms. The van der Waals surface area contributed by atoms with Crippen molar-refractivity contribution < 1.29 is 4.79 Å². The normalized spacial score (nSPS) is 11.8. The lowest BCUT2D eigenvalue weighted by atomic mass is 10.1. The summed E-state index contributed by atoms with van der Waals surface area (Å²) in [5.41, 5.74) is 2.24. The summed E-state index contributed by atoms with van der Waals surface area (Å²) in [7, 11) is 0. The van der Waals surface area contributed by atoms with Gasteiger partial charge in [0.2, 0.25) is 5.91 Å². The van der Waals surface area contributed by atoms with E-state index in [4.69, 9.17) is 0 Å². The first-order valence-corrected chi connectivity index (χ1v) is 8.59. The van der Waals surface area contributed by atoms with Gasteiger partial charge in [-0.3, -0.25) is 4.79 Å². The van der Waals surface area contributed by atoms with E-state index in [0.717, 1.165) is 12.1 Å². The van der Waals surface area contributed by atoms with Gasteiger partial charge in [-0.1, -0.05) is 60.7 Å². The van der Waals surface area contributed by atoms with Crippen molar-refractivity contribution in [2.45, 2.75) is 26.4 Å². The minimum absolute atomic E-state index is 0. The molecule has 0 heterocycles. The third kappa shape index (κ3) is 7.86. The van der Waals surface area contributed by atoms with Gasteiger partial charge >= 0.3 is 0 Å². The molecule has 1 atom stereocenters. The lowest BCUT2D eigenvalue weighted by Gasteiger charge is -2.18. The molecule has 1 unspecified atom stereocenters. The van der Waals surface area contributed by atoms with Crippen molar-refractivity contribution in [2.24, 2.45) is 4.99 Å². The maximum Gasteiger partial charge on any atom is 0.242 e. The lowest BCUT2D eigenvalue weighted by Crippen LogP contribution is -2.39. The van der Waals surface area contributed by atoms with Gasteiger partial charge in [0.25, 0.3) is 0 Å². The topological polar surface area (TPSA) is 65.5 Å². The van der Waals surface area contributed by atoms with E-state index in [9.17, 15) is 4.79 Å². The molecule has 1 amide bonds. The van der Waals surface area contributed by atoms with Crippen LogP contribution in [0.4, 0.5) is 0 Å². The van der Waals surface area contributed by atoms with Gasteiger partial charge < -0.3 is 16.0 Å². The fourth-order valence-electron chi connectivity index (χ4n) is 2.35. The molecular formula is C20H27IN4O. The van der Waals surface area contributed by atoms with Crippen molar-refractivity contribution in [3.8, 4) is 0 Å². The number of guanidine groups is 1. The molecular weight excluding hydrogens is 439 g/mol. The number of rotatable bonds is 7. The molecule has 3 N–H and O–H groups in total. The molecule has 0 aliphatic rings.